The third kappa shape index (κ3) is 10.7. The first kappa shape index (κ1) is 26.5. The van der Waals surface area contributed by atoms with Crippen LogP contribution in [0.15, 0.2) is 24.3 Å². The second-order valence-electron chi connectivity index (χ2n) is 6.30. The highest BCUT2D eigenvalue weighted by Crippen LogP contribution is 2.15. The van der Waals surface area contributed by atoms with E-state index in [4.69, 9.17) is 27.5 Å². The van der Waals surface area contributed by atoms with Crippen LogP contribution in [0, 0.1) is 0 Å². The molecule has 162 valence electrons. The van der Waals surface area contributed by atoms with E-state index in [2.05, 4.69) is 13.2 Å². The van der Waals surface area contributed by atoms with Crippen molar-refractivity contribution in [2.75, 3.05) is 34.5 Å². The molecule has 0 saturated carbocycles. The van der Waals surface area contributed by atoms with Crippen molar-refractivity contribution in [1.82, 2.24) is 0 Å². The largest absolute Gasteiger partial charge is 0.500 e. The fourth-order valence-electron chi connectivity index (χ4n) is 2.16. The molecule has 0 amide bonds. The van der Waals surface area contributed by atoms with Gasteiger partial charge in [-0.3, -0.25) is 0 Å². The summed E-state index contributed by atoms with van der Waals surface area (Å²) in [6.45, 7) is 11.2. The molecule has 0 radical (unpaired) electrons. The summed E-state index contributed by atoms with van der Waals surface area (Å²) in [6.07, 6.45) is 3.22. The van der Waals surface area contributed by atoms with Crippen molar-refractivity contribution < 1.29 is 37.1 Å². The third-order valence-electron chi connectivity index (χ3n) is 3.87. The zero-order valence-electron chi connectivity index (χ0n) is 17.7. The maximum absolute atomic E-state index is 11.1. The molecule has 1 unspecified atom stereocenters. The summed E-state index contributed by atoms with van der Waals surface area (Å²) in [5.41, 5.74) is 0.818. The molecule has 0 aromatic carbocycles. The Balaban J connectivity index is 0.000000540. The van der Waals surface area contributed by atoms with Crippen molar-refractivity contribution in [3.05, 3.63) is 24.3 Å². The van der Waals surface area contributed by atoms with Gasteiger partial charge in [-0.25, -0.2) is 9.59 Å². The molecule has 1 atom stereocenters. The molecule has 1 aliphatic rings. The van der Waals surface area contributed by atoms with Crippen LogP contribution >= 0.6 is 0 Å². The molecular formula is C19H34O8Si. The zero-order valence-corrected chi connectivity index (χ0v) is 18.7. The predicted octanol–water partition coefficient (Wildman–Crippen LogP) is 3.01. The van der Waals surface area contributed by atoms with Crippen LogP contribution in [0.25, 0.3) is 0 Å². The second kappa shape index (κ2) is 14.5. The Morgan fingerprint density at radius 3 is 2.00 bits per heavy atom. The molecule has 1 heterocycles. The molecule has 9 heteroatoms. The number of carbonyl (C=O) groups excluding carboxylic acids is 2. The summed E-state index contributed by atoms with van der Waals surface area (Å²) < 4.78 is 30.8. The molecule has 1 fully saturated rings. The maximum atomic E-state index is 11.1. The van der Waals surface area contributed by atoms with Gasteiger partial charge in [0.05, 0.1) is 13.2 Å². The van der Waals surface area contributed by atoms with Gasteiger partial charge in [0.1, 0.15) is 0 Å². The molecular weight excluding hydrogens is 384 g/mol. The van der Waals surface area contributed by atoms with E-state index < -0.39 is 8.80 Å². The van der Waals surface area contributed by atoms with Gasteiger partial charge in [0, 0.05) is 44.9 Å². The smallest absolute Gasteiger partial charge is 0.462 e. The van der Waals surface area contributed by atoms with Crippen molar-refractivity contribution in [1.29, 1.82) is 0 Å². The molecule has 0 spiro atoms. The van der Waals surface area contributed by atoms with Crippen LogP contribution < -0.4 is 0 Å². The number of rotatable bonds is 10. The van der Waals surface area contributed by atoms with Gasteiger partial charge in [-0.05, 0) is 33.1 Å². The van der Waals surface area contributed by atoms with E-state index in [0.29, 0.717) is 36.8 Å². The van der Waals surface area contributed by atoms with Gasteiger partial charge in [-0.2, -0.15) is 0 Å². The minimum Gasteiger partial charge on any atom is -0.462 e. The van der Waals surface area contributed by atoms with Crippen LogP contribution in [-0.2, 0) is 37.1 Å². The van der Waals surface area contributed by atoms with E-state index in [0.717, 1.165) is 19.3 Å². The monoisotopic (exact) mass is 418 g/mol. The zero-order chi connectivity index (χ0) is 21.6. The molecule has 1 saturated heterocycles. The van der Waals surface area contributed by atoms with Crippen molar-refractivity contribution in [2.24, 2.45) is 0 Å². The highest BCUT2D eigenvalue weighted by Gasteiger charge is 2.37. The number of hydrogen-bond donors (Lipinski definition) is 0. The fraction of sp³-hybridized carbons (Fsp3) is 0.684. The van der Waals surface area contributed by atoms with Crippen molar-refractivity contribution in [3.8, 4) is 0 Å². The molecule has 0 aromatic rings. The van der Waals surface area contributed by atoms with Gasteiger partial charge in [0.25, 0.3) is 0 Å². The van der Waals surface area contributed by atoms with Crippen molar-refractivity contribution in [3.63, 3.8) is 0 Å². The second-order valence-corrected chi connectivity index (χ2v) is 9.39. The number of carbonyl (C=O) groups is 2. The lowest BCUT2D eigenvalue weighted by Crippen LogP contribution is -2.42. The number of hydrogen-bond acceptors (Lipinski definition) is 8. The van der Waals surface area contributed by atoms with Crippen LogP contribution in [0.3, 0.4) is 0 Å². The highest BCUT2D eigenvalue weighted by molar-refractivity contribution is 6.60. The molecule has 0 N–H and O–H groups in total. The summed E-state index contributed by atoms with van der Waals surface area (Å²) in [5.74, 6) is -0.735. The van der Waals surface area contributed by atoms with Crippen molar-refractivity contribution in [2.45, 2.75) is 51.9 Å². The normalized spacial score (nSPS) is 16.4. The minimum absolute atomic E-state index is 0.316. The van der Waals surface area contributed by atoms with Gasteiger partial charge >= 0.3 is 20.7 Å². The van der Waals surface area contributed by atoms with E-state index in [1.54, 1.807) is 35.2 Å². The van der Waals surface area contributed by atoms with E-state index in [1.165, 1.54) is 0 Å². The van der Waals surface area contributed by atoms with Gasteiger partial charge in [-0.15, -0.1) is 0 Å². The van der Waals surface area contributed by atoms with Gasteiger partial charge in [-0.1, -0.05) is 13.2 Å². The fourth-order valence-corrected chi connectivity index (χ4v) is 3.85. The minimum atomic E-state index is -2.53. The Morgan fingerprint density at radius 2 is 1.57 bits per heavy atom. The van der Waals surface area contributed by atoms with Crippen molar-refractivity contribution >= 4 is 20.7 Å². The third-order valence-corrected chi connectivity index (χ3v) is 6.70. The quantitative estimate of drug-likeness (QED) is 0.231. The first-order chi connectivity index (χ1) is 13.2. The van der Waals surface area contributed by atoms with E-state index in [-0.39, 0.29) is 18.2 Å². The Kier molecular flexibility index (Phi) is 13.7. The molecule has 1 aliphatic heterocycles. The lowest BCUT2D eigenvalue weighted by Gasteiger charge is -2.24. The van der Waals surface area contributed by atoms with Crippen LogP contribution in [0.2, 0.25) is 6.04 Å². The molecule has 1 rings (SSSR count). The Labute approximate surface area is 169 Å². The summed E-state index contributed by atoms with van der Waals surface area (Å²) in [5, 5.41) is 0. The topological polar surface area (TPSA) is 89.5 Å². The number of esters is 2. The SMILES string of the molecule is C=C(C)C(=O)OC1CCCCO1.C=C(C)C(=O)OCCC[Si](OC)(OC)OC. The van der Waals surface area contributed by atoms with Crippen LogP contribution in [0.4, 0.5) is 0 Å². The summed E-state index contributed by atoms with van der Waals surface area (Å²) in [4.78, 5) is 22.1. The lowest BCUT2D eigenvalue weighted by molar-refractivity contribution is -0.182. The lowest BCUT2D eigenvalue weighted by atomic mass is 10.2. The van der Waals surface area contributed by atoms with Crippen LogP contribution in [-0.4, -0.2) is 61.6 Å². The van der Waals surface area contributed by atoms with Gasteiger partial charge in [0.2, 0.25) is 6.29 Å². The molecule has 8 nitrogen and oxygen atoms in total. The summed E-state index contributed by atoms with van der Waals surface area (Å²) in [7, 11) is 2.13. The maximum Gasteiger partial charge on any atom is 0.500 e. The first-order valence-corrected chi connectivity index (χ1v) is 11.1. The molecule has 0 aliphatic carbocycles. The molecule has 0 aromatic heterocycles. The molecule has 0 bridgehead atoms. The van der Waals surface area contributed by atoms with E-state index in [9.17, 15) is 9.59 Å². The average molecular weight is 419 g/mol. The Bertz CT molecular complexity index is 502. The van der Waals surface area contributed by atoms with E-state index in [1.807, 2.05) is 0 Å². The summed E-state index contributed by atoms with van der Waals surface area (Å²) in [6, 6.07) is 0.611. The first-order valence-electron chi connectivity index (χ1n) is 9.17. The molecule has 28 heavy (non-hydrogen) atoms. The van der Waals surface area contributed by atoms with E-state index >= 15 is 0 Å². The number of ether oxygens (including phenoxy) is 3. The van der Waals surface area contributed by atoms with Crippen LogP contribution in [0.1, 0.15) is 39.5 Å². The van der Waals surface area contributed by atoms with Gasteiger partial charge < -0.3 is 27.5 Å². The Morgan fingerprint density at radius 1 is 1.00 bits per heavy atom. The Hall–Kier alpha value is -1.52. The van der Waals surface area contributed by atoms with Crippen LogP contribution in [0.5, 0.6) is 0 Å². The van der Waals surface area contributed by atoms with Gasteiger partial charge in [0.15, 0.2) is 0 Å². The summed E-state index contributed by atoms with van der Waals surface area (Å²) >= 11 is 0. The standard InChI is InChI=1S/C10H20O5Si.C9H14O3/c1-9(2)10(11)15-7-6-8-16(12-3,13-4)14-5;1-7(2)9(10)12-8-5-3-4-6-11-8/h1,6-8H2,2-5H3;8H,1,3-6H2,2H3. The highest BCUT2D eigenvalue weighted by atomic mass is 28.4. The predicted molar refractivity (Wildman–Crippen MR) is 106 cm³/mol. The average Bonchev–Trinajstić information content (AvgIpc) is 2.69.